The summed E-state index contributed by atoms with van der Waals surface area (Å²) in [7, 11) is 0. The number of hydrogen-bond acceptors (Lipinski definition) is 0. The Labute approximate surface area is 275 Å². The third-order valence-corrected chi connectivity index (χ3v) is 13.7. The van der Waals surface area contributed by atoms with E-state index in [4.69, 9.17) is 0 Å². The smallest absolute Gasteiger partial charge is 0.00301 e. The zero-order valence-electron chi connectivity index (χ0n) is 28.3. The molecule has 0 amide bonds. The van der Waals surface area contributed by atoms with Crippen LogP contribution in [0.15, 0.2) is 36.4 Å². The van der Waals surface area contributed by atoms with Crippen LogP contribution in [0.1, 0.15) is 228 Å². The first-order valence-corrected chi connectivity index (χ1v) is 20.0. The molecule has 0 spiro atoms. The van der Waals surface area contributed by atoms with Crippen LogP contribution >= 0.6 is 0 Å². The number of allylic oxidation sites excluding steroid dienone is 2. The number of benzene rings is 2. The molecule has 2 unspecified atom stereocenters. The molecule has 2 atom stereocenters. The molecule has 6 aliphatic carbocycles. The van der Waals surface area contributed by atoms with E-state index in [1.807, 2.05) is 0 Å². The van der Waals surface area contributed by atoms with Crippen molar-refractivity contribution in [1.29, 1.82) is 0 Å². The molecule has 6 aliphatic rings. The normalized spacial score (nSPS) is 26.4. The van der Waals surface area contributed by atoms with E-state index in [1.54, 1.807) is 44.5 Å². The molecule has 0 bridgehead atoms. The highest BCUT2D eigenvalue weighted by Gasteiger charge is 2.32. The largest absolute Gasteiger partial charge is 0.0764 e. The third-order valence-electron chi connectivity index (χ3n) is 13.7. The molecule has 240 valence electrons. The van der Waals surface area contributed by atoms with Gasteiger partial charge in [-0.2, -0.15) is 0 Å². The Hall–Kier alpha value is -2.08. The Morgan fingerprint density at radius 1 is 0.378 bits per heavy atom. The fourth-order valence-corrected chi connectivity index (χ4v) is 11.3. The fourth-order valence-electron chi connectivity index (χ4n) is 11.3. The van der Waals surface area contributed by atoms with E-state index in [2.05, 4.69) is 48.6 Å². The minimum Gasteiger partial charge on any atom is -0.0764 e. The second kappa shape index (κ2) is 14.0. The van der Waals surface area contributed by atoms with Crippen molar-refractivity contribution in [3.8, 4) is 0 Å². The SMILES string of the molecule is C1=CC(CCCC2C=Cc3c(C4CCCCC4)ccc(C4CCCCC4)c32)c2c(C3CCCCC3)ccc(C3CCCCC3)c21. The second-order valence-corrected chi connectivity index (χ2v) is 16.3. The van der Waals surface area contributed by atoms with Crippen molar-refractivity contribution in [2.75, 3.05) is 0 Å². The summed E-state index contributed by atoms with van der Waals surface area (Å²) in [6.45, 7) is 0. The van der Waals surface area contributed by atoms with Gasteiger partial charge >= 0.3 is 0 Å². The first-order valence-electron chi connectivity index (χ1n) is 20.0. The molecule has 0 aromatic heterocycles. The van der Waals surface area contributed by atoms with Crippen molar-refractivity contribution in [1.82, 2.24) is 0 Å². The first-order chi connectivity index (χ1) is 22.3. The van der Waals surface area contributed by atoms with E-state index in [9.17, 15) is 0 Å². The van der Waals surface area contributed by atoms with Gasteiger partial charge in [-0.3, -0.25) is 0 Å². The highest BCUT2D eigenvalue weighted by atomic mass is 14.4. The van der Waals surface area contributed by atoms with Crippen molar-refractivity contribution < 1.29 is 0 Å². The van der Waals surface area contributed by atoms with Crippen LogP contribution in [0.25, 0.3) is 12.2 Å². The van der Waals surface area contributed by atoms with Crippen molar-refractivity contribution in [3.05, 3.63) is 80.9 Å². The topological polar surface area (TPSA) is 0 Å². The molecule has 4 saturated carbocycles. The Kier molecular flexibility index (Phi) is 9.39. The van der Waals surface area contributed by atoms with Gasteiger partial charge in [0.25, 0.3) is 0 Å². The summed E-state index contributed by atoms with van der Waals surface area (Å²) in [4.78, 5) is 0. The molecule has 0 saturated heterocycles. The van der Waals surface area contributed by atoms with Crippen molar-refractivity contribution in [2.45, 2.75) is 183 Å². The van der Waals surface area contributed by atoms with Crippen LogP contribution in [0.4, 0.5) is 0 Å². The lowest BCUT2D eigenvalue weighted by Gasteiger charge is -2.30. The van der Waals surface area contributed by atoms with Gasteiger partial charge < -0.3 is 0 Å². The van der Waals surface area contributed by atoms with Gasteiger partial charge in [0.05, 0.1) is 0 Å². The van der Waals surface area contributed by atoms with Crippen molar-refractivity contribution in [3.63, 3.8) is 0 Å². The van der Waals surface area contributed by atoms with E-state index >= 15 is 0 Å². The summed E-state index contributed by atoms with van der Waals surface area (Å²) in [5.74, 6) is 4.47. The van der Waals surface area contributed by atoms with Crippen molar-refractivity contribution in [2.24, 2.45) is 0 Å². The average molecular weight is 601 g/mol. The molecule has 8 rings (SSSR count). The standard InChI is InChI=1S/C45H60/c1-5-14-32(15-6-1)38-28-30-40(34-18-9-3-10-19-34)44-36(24-26-42(38)44)22-13-23-37-25-27-43-39(33-16-7-2-8-17-33)29-31-41(45(37)43)35-20-11-4-12-21-35/h24-37H,1-23H2. The summed E-state index contributed by atoms with van der Waals surface area (Å²) in [5.41, 5.74) is 13.9. The average Bonchev–Trinajstić information content (AvgIpc) is 3.74. The van der Waals surface area contributed by atoms with E-state index in [1.165, 1.54) is 148 Å². The van der Waals surface area contributed by atoms with Crippen LogP contribution in [0, 0.1) is 0 Å². The monoisotopic (exact) mass is 600 g/mol. The molecular weight excluding hydrogens is 540 g/mol. The predicted octanol–water partition coefficient (Wildman–Crippen LogP) is 14.0. The van der Waals surface area contributed by atoms with Gasteiger partial charge in [0, 0.05) is 11.8 Å². The summed E-state index contributed by atoms with van der Waals surface area (Å²) in [5, 5.41) is 0. The van der Waals surface area contributed by atoms with Gasteiger partial charge in [0.2, 0.25) is 0 Å². The lowest BCUT2D eigenvalue weighted by Crippen LogP contribution is -2.13. The van der Waals surface area contributed by atoms with Gasteiger partial charge in [-0.25, -0.2) is 0 Å². The van der Waals surface area contributed by atoms with Crippen LogP contribution in [0.5, 0.6) is 0 Å². The first kappa shape index (κ1) is 30.3. The Balaban J connectivity index is 1.04. The number of hydrogen-bond donors (Lipinski definition) is 0. The van der Waals surface area contributed by atoms with Gasteiger partial charge in [-0.1, -0.05) is 132 Å². The molecule has 2 aromatic rings. The summed E-state index contributed by atoms with van der Waals surface area (Å²) < 4.78 is 0. The molecule has 0 heteroatoms. The maximum absolute atomic E-state index is 2.65. The molecule has 0 heterocycles. The molecule has 0 aliphatic heterocycles. The number of rotatable bonds is 8. The van der Waals surface area contributed by atoms with E-state index in [0.717, 1.165) is 23.7 Å². The molecule has 0 nitrogen and oxygen atoms in total. The molecule has 0 radical (unpaired) electrons. The van der Waals surface area contributed by atoms with Gasteiger partial charge in [0.15, 0.2) is 0 Å². The van der Waals surface area contributed by atoms with Gasteiger partial charge in [0.1, 0.15) is 0 Å². The third kappa shape index (κ3) is 6.19. The van der Waals surface area contributed by atoms with Gasteiger partial charge in [-0.15, -0.1) is 0 Å². The Bertz CT molecular complexity index is 1260. The Morgan fingerprint density at radius 2 is 0.689 bits per heavy atom. The van der Waals surface area contributed by atoms with Crippen LogP contribution in [0.2, 0.25) is 0 Å². The highest BCUT2D eigenvalue weighted by molar-refractivity contribution is 5.70. The van der Waals surface area contributed by atoms with E-state index in [0.29, 0.717) is 11.8 Å². The zero-order chi connectivity index (χ0) is 30.0. The fraction of sp³-hybridized carbons (Fsp3) is 0.644. The van der Waals surface area contributed by atoms with Crippen LogP contribution in [-0.2, 0) is 0 Å². The maximum atomic E-state index is 2.65. The Morgan fingerprint density at radius 3 is 1.04 bits per heavy atom. The predicted molar refractivity (Wildman–Crippen MR) is 194 cm³/mol. The lowest BCUT2D eigenvalue weighted by atomic mass is 9.74. The van der Waals surface area contributed by atoms with Crippen LogP contribution in [0.3, 0.4) is 0 Å². The summed E-state index contributed by atoms with van der Waals surface area (Å²) in [6, 6.07) is 10.5. The van der Waals surface area contributed by atoms with Gasteiger partial charge in [-0.05, 0) is 132 Å². The quantitative estimate of drug-likeness (QED) is 0.283. The molecule has 45 heavy (non-hydrogen) atoms. The molecule has 0 N–H and O–H groups in total. The number of fused-ring (bicyclic) bond motifs is 2. The minimum atomic E-state index is 0.636. The summed E-state index contributed by atoms with van der Waals surface area (Å²) in [6.07, 6.45) is 43.0. The van der Waals surface area contributed by atoms with Crippen LogP contribution < -0.4 is 0 Å². The van der Waals surface area contributed by atoms with Crippen LogP contribution in [-0.4, -0.2) is 0 Å². The molecule has 2 aromatic carbocycles. The molecular formula is C45H60. The minimum absolute atomic E-state index is 0.636. The van der Waals surface area contributed by atoms with Crippen molar-refractivity contribution >= 4 is 12.2 Å². The lowest BCUT2D eigenvalue weighted by molar-refractivity contribution is 0.434. The maximum Gasteiger partial charge on any atom is 0.00301 e. The van der Waals surface area contributed by atoms with E-state index < -0.39 is 0 Å². The highest BCUT2D eigenvalue weighted by Crippen LogP contribution is 2.50. The molecule has 4 fully saturated rings. The summed E-state index contributed by atoms with van der Waals surface area (Å²) >= 11 is 0. The second-order valence-electron chi connectivity index (χ2n) is 16.3. The zero-order valence-corrected chi connectivity index (χ0v) is 28.3. The van der Waals surface area contributed by atoms with E-state index in [-0.39, 0.29) is 0 Å².